The first-order valence-corrected chi connectivity index (χ1v) is 18.2. The number of esters is 1. The summed E-state index contributed by atoms with van der Waals surface area (Å²) < 4.78 is 32.0. The monoisotopic (exact) mass is 588 g/mol. The first kappa shape index (κ1) is 35.6. The number of unbranched alkanes of at least 4 members (excludes halogenated alkanes) is 12. The summed E-state index contributed by atoms with van der Waals surface area (Å²) in [7, 11) is -3.49. The van der Waals surface area contributed by atoms with Gasteiger partial charge in [-0.2, -0.15) is 0 Å². The van der Waals surface area contributed by atoms with E-state index < -0.39 is 20.3 Å². The maximum Gasteiger partial charge on any atom is 0.305 e. The van der Waals surface area contributed by atoms with Gasteiger partial charge < -0.3 is 4.74 Å². The number of hydrogen-bond acceptors (Lipinski definition) is 4. The van der Waals surface area contributed by atoms with Crippen LogP contribution in [-0.4, -0.2) is 31.5 Å². The first-order chi connectivity index (χ1) is 19.5. The quantitative estimate of drug-likeness (QED) is 0.0652. The van der Waals surface area contributed by atoms with Crippen LogP contribution in [0.3, 0.4) is 0 Å². The lowest BCUT2D eigenvalue weighted by Gasteiger charge is -2.33. The Balaban J connectivity index is 1.68. The minimum atomic E-state index is -3.49. The van der Waals surface area contributed by atoms with Crippen molar-refractivity contribution in [2.24, 2.45) is 5.41 Å². The smallest absolute Gasteiger partial charge is 0.305 e. The molecule has 0 aromatic heterocycles. The average Bonchev–Trinajstić information content (AvgIpc) is 3.11. The molecule has 0 N–H and O–H groups in total. The highest BCUT2D eigenvalue weighted by atomic mass is 32.2. The maximum atomic E-state index is 13.3. The van der Waals surface area contributed by atoms with Crippen LogP contribution in [-0.2, 0) is 19.4 Å². The molecule has 0 saturated carbocycles. The Kier molecular flexibility index (Phi) is 15.7. The van der Waals surface area contributed by atoms with Gasteiger partial charge in [-0.1, -0.05) is 139 Å². The molecule has 0 saturated heterocycles. The molecule has 0 spiro atoms. The summed E-state index contributed by atoms with van der Waals surface area (Å²) in [6.07, 6.45) is 28.1. The van der Waals surface area contributed by atoms with Crippen molar-refractivity contribution in [3.8, 4) is 0 Å². The van der Waals surface area contributed by atoms with Crippen molar-refractivity contribution in [1.29, 1.82) is 0 Å². The van der Waals surface area contributed by atoms with Crippen LogP contribution in [0.25, 0.3) is 0 Å². The van der Waals surface area contributed by atoms with Crippen LogP contribution in [0.15, 0.2) is 46.6 Å². The number of rotatable bonds is 19. The molecular formula is C36H60O4S. The minimum absolute atomic E-state index is 0.0819. The minimum Gasteiger partial charge on any atom is -0.464 e. The second-order valence-electron chi connectivity index (χ2n) is 13.3. The number of sulfone groups is 1. The zero-order valence-electron chi connectivity index (χ0n) is 27.2. The van der Waals surface area contributed by atoms with Crippen molar-refractivity contribution in [3.05, 3.63) is 46.6 Å². The maximum absolute atomic E-state index is 13.3. The Morgan fingerprint density at radius 3 is 2.07 bits per heavy atom. The fraction of sp³-hybridized carbons (Fsp3) is 0.750. The van der Waals surface area contributed by atoms with Gasteiger partial charge in [0.1, 0.15) is 11.9 Å². The fourth-order valence-electron chi connectivity index (χ4n) is 6.35. The molecule has 0 radical (unpaired) electrons. The van der Waals surface area contributed by atoms with Gasteiger partial charge in [-0.05, 0) is 57.4 Å². The van der Waals surface area contributed by atoms with E-state index in [2.05, 4.69) is 33.8 Å². The zero-order valence-corrected chi connectivity index (χ0v) is 28.0. The van der Waals surface area contributed by atoms with E-state index in [0.717, 1.165) is 36.8 Å². The van der Waals surface area contributed by atoms with Gasteiger partial charge in [-0.25, -0.2) is 8.42 Å². The third-order valence-corrected chi connectivity index (χ3v) is 11.4. The highest BCUT2D eigenvalue weighted by Gasteiger charge is 2.39. The number of ether oxygens (including phenoxy) is 1. The van der Waals surface area contributed by atoms with Crippen LogP contribution in [0, 0.1) is 5.41 Å². The summed E-state index contributed by atoms with van der Waals surface area (Å²) in [4.78, 5) is 12.3. The largest absolute Gasteiger partial charge is 0.464 e. The standard InChI is InChI=1S/C36H60O4S/c1-7-8-9-10-11-12-13-14-15-16-17-18-19-22-35(37)40-28-34-31(4)27-32(41(34,38)39)26-29(2)23-24-33-30(3)21-20-25-36(33,5)6/h23-24,26-27,32,34H,7-22,25,28H2,1-6H3/b24-23+,29-26+. The van der Waals surface area contributed by atoms with E-state index in [9.17, 15) is 13.2 Å². The number of carbonyl (C=O) groups is 1. The number of hydrogen-bond donors (Lipinski definition) is 0. The Morgan fingerprint density at radius 2 is 1.51 bits per heavy atom. The van der Waals surface area contributed by atoms with E-state index in [0.29, 0.717) is 6.42 Å². The van der Waals surface area contributed by atoms with Gasteiger partial charge in [0.2, 0.25) is 0 Å². The fourth-order valence-corrected chi connectivity index (χ4v) is 8.39. The predicted molar refractivity (Wildman–Crippen MR) is 175 cm³/mol. The van der Waals surface area contributed by atoms with E-state index in [1.165, 1.54) is 88.2 Å². The second kappa shape index (κ2) is 18.1. The number of carbonyl (C=O) groups excluding carboxylic acids is 1. The average molecular weight is 589 g/mol. The second-order valence-corrected chi connectivity index (χ2v) is 15.6. The van der Waals surface area contributed by atoms with Crippen LogP contribution < -0.4 is 0 Å². The van der Waals surface area contributed by atoms with E-state index in [4.69, 9.17) is 4.74 Å². The molecule has 0 bridgehead atoms. The Labute approximate surface area is 253 Å². The Bertz CT molecular complexity index is 1040. The van der Waals surface area contributed by atoms with Gasteiger partial charge in [0.05, 0.1) is 5.25 Å². The van der Waals surface area contributed by atoms with Crippen molar-refractivity contribution in [2.75, 3.05) is 6.61 Å². The van der Waals surface area contributed by atoms with Gasteiger partial charge in [-0.3, -0.25) is 4.79 Å². The summed E-state index contributed by atoms with van der Waals surface area (Å²) in [5.41, 5.74) is 4.64. The van der Waals surface area contributed by atoms with Crippen molar-refractivity contribution >= 4 is 15.8 Å². The topological polar surface area (TPSA) is 60.4 Å². The highest BCUT2D eigenvalue weighted by molar-refractivity contribution is 7.93. The molecule has 1 heterocycles. The van der Waals surface area contributed by atoms with Crippen molar-refractivity contribution in [2.45, 2.75) is 161 Å². The molecular weight excluding hydrogens is 528 g/mol. The molecule has 234 valence electrons. The summed E-state index contributed by atoms with van der Waals surface area (Å²) in [5.74, 6) is -0.284. The molecule has 1 aliphatic heterocycles. The van der Waals surface area contributed by atoms with Gasteiger partial charge in [0.25, 0.3) is 0 Å². The van der Waals surface area contributed by atoms with Gasteiger partial charge in [0.15, 0.2) is 9.84 Å². The molecule has 2 aliphatic rings. The third kappa shape index (κ3) is 12.3. The molecule has 5 heteroatoms. The molecule has 2 atom stereocenters. The van der Waals surface area contributed by atoms with Crippen molar-refractivity contribution in [3.63, 3.8) is 0 Å². The predicted octanol–water partition coefficient (Wildman–Crippen LogP) is 10.2. The van der Waals surface area contributed by atoms with Gasteiger partial charge >= 0.3 is 5.97 Å². The molecule has 1 aliphatic carbocycles. The lowest BCUT2D eigenvalue weighted by Crippen LogP contribution is -2.29. The SMILES string of the molecule is CCCCCCCCCCCCCCCC(=O)OCC1C(C)=CC(/C=C(C)/C=C/C2=C(C)CCCC2(C)C)S1(=O)=O. The zero-order chi connectivity index (χ0) is 30.3. The van der Waals surface area contributed by atoms with Crippen LogP contribution >= 0.6 is 0 Å². The third-order valence-electron chi connectivity index (χ3n) is 9.07. The van der Waals surface area contributed by atoms with E-state index in [1.54, 1.807) is 0 Å². The summed E-state index contributed by atoms with van der Waals surface area (Å²) >= 11 is 0. The number of allylic oxidation sites excluding steroid dienone is 5. The first-order valence-electron chi connectivity index (χ1n) is 16.6. The van der Waals surface area contributed by atoms with Crippen molar-refractivity contribution in [1.82, 2.24) is 0 Å². The van der Waals surface area contributed by atoms with Gasteiger partial charge in [0, 0.05) is 6.42 Å². The Morgan fingerprint density at radius 1 is 0.951 bits per heavy atom. The van der Waals surface area contributed by atoms with Crippen LogP contribution in [0.2, 0.25) is 0 Å². The lowest BCUT2D eigenvalue weighted by molar-refractivity contribution is -0.143. The van der Waals surface area contributed by atoms with E-state index >= 15 is 0 Å². The molecule has 0 amide bonds. The van der Waals surface area contributed by atoms with Crippen LogP contribution in [0.4, 0.5) is 0 Å². The normalized spacial score (nSPS) is 22.4. The highest BCUT2D eigenvalue weighted by Crippen LogP contribution is 2.41. The molecule has 4 nitrogen and oxygen atoms in total. The molecule has 0 fully saturated rings. The molecule has 2 rings (SSSR count). The van der Waals surface area contributed by atoms with Crippen molar-refractivity contribution < 1.29 is 17.9 Å². The van der Waals surface area contributed by atoms with E-state index in [-0.39, 0.29) is 18.0 Å². The molecule has 2 unspecified atom stereocenters. The molecule has 0 aromatic rings. The molecule has 0 aromatic carbocycles. The van der Waals surface area contributed by atoms with Crippen LogP contribution in [0.5, 0.6) is 0 Å². The summed E-state index contributed by atoms with van der Waals surface area (Å²) in [6, 6.07) is 0. The summed E-state index contributed by atoms with van der Waals surface area (Å²) in [5, 5.41) is -1.43. The van der Waals surface area contributed by atoms with Crippen LogP contribution in [0.1, 0.15) is 151 Å². The van der Waals surface area contributed by atoms with E-state index in [1.807, 2.05) is 32.1 Å². The van der Waals surface area contributed by atoms with Gasteiger partial charge in [-0.15, -0.1) is 0 Å². The Hall–Kier alpha value is -1.62. The lowest BCUT2D eigenvalue weighted by atomic mass is 9.72. The molecule has 41 heavy (non-hydrogen) atoms. The summed E-state index contributed by atoms with van der Waals surface area (Å²) in [6.45, 7) is 12.7.